The molecule has 32 heavy (non-hydrogen) atoms. The van der Waals surface area contributed by atoms with E-state index < -0.39 is 28.9 Å². The average molecular weight is 456 g/mol. The molecule has 0 aliphatic heterocycles. The van der Waals surface area contributed by atoms with Gasteiger partial charge in [0.25, 0.3) is 5.56 Å². The summed E-state index contributed by atoms with van der Waals surface area (Å²) in [6, 6.07) is 6.66. The van der Waals surface area contributed by atoms with E-state index in [0.717, 1.165) is 4.57 Å². The van der Waals surface area contributed by atoms with Gasteiger partial charge >= 0.3 is 5.97 Å². The molecule has 2 aromatic heterocycles. The van der Waals surface area contributed by atoms with Crippen LogP contribution in [0.1, 0.15) is 44.2 Å². The highest BCUT2D eigenvalue weighted by Crippen LogP contribution is 2.43. The first-order chi connectivity index (χ1) is 15.1. The van der Waals surface area contributed by atoms with Crippen molar-refractivity contribution in [3.63, 3.8) is 0 Å². The number of rotatable bonds is 6. The third-order valence-electron chi connectivity index (χ3n) is 5.18. The summed E-state index contributed by atoms with van der Waals surface area (Å²) in [7, 11) is 1.40. The molecule has 0 amide bonds. The quantitative estimate of drug-likeness (QED) is 0.581. The van der Waals surface area contributed by atoms with Gasteiger partial charge in [-0.3, -0.25) is 9.36 Å². The number of halogens is 1. The highest BCUT2D eigenvalue weighted by molar-refractivity contribution is 6.31. The van der Waals surface area contributed by atoms with E-state index in [1.54, 1.807) is 18.2 Å². The molecule has 2 unspecified atom stereocenters. The van der Waals surface area contributed by atoms with Crippen LogP contribution in [-0.2, 0) is 4.79 Å². The van der Waals surface area contributed by atoms with E-state index in [-0.39, 0.29) is 11.6 Å². The Morgan fingerprint density at radius 3 is 2.56 bits per heavy atom. The Labute approximate surface area is 189 Å². The standard InChI is InChI=1S/C23H22ClN3O5/c1-23(2,3)19(21-26-7-8-32-21)20(22(29)30)27-12-17(31-4)16(10-18(27)28)15-9-14(24)6-5-13(15)11-25/h5-10,12,19-20H,1-4H3,(H,29,30). The van der Waals surface area contributed by atoms with Crippen molar-refractivity contribution in [3.8, 4) is 22.9 Å². The highest BCUT2D eigenvalue weighted by atomic mass is 35.5. The van der Waals surface area contributed by atoms with Crippen LogP contribution in [0.3, 0.4) is 0 Å². The number of carboxylic acid groups (broad SMARTS) is 1. The molecule has 1 aromatic carbocycles. The molecule has 2 atom stereocenters. The summed E-state index contributed by atoms with van der Waals surface area (Å²) in [6.45, 7) is 5.54. The molecule has 3 aromatic rings. The lowest BCUT2D eigenvalue weighted by atomic mass is 9.75. The molecular formula is C23H22ClN3O5. The largest absolute Gasteiger partial charge is 0.495 e. The lowest BCUT2D eigenvalue weighted by Crippen LogP contribution is -2.38. The molecule has 0 aliphatic rings. The molecule has 9 heteroatoms. The Morgan fingerprint density at radius 2 is 2.03 bits per heavy atom. The topological polar surface area (TPSA) is 118 Å². The number of carboxylic acids is 1. The van der Waals surface area contributed by atoms with Gasteiger partial charge in [0, 0.05) is 22.2 Å². The van der Waals surface area contributed by atoms with Gasteiger partial charge < -0.3 is 14.3 Å². The van der Waals surface area contributed by atoms with Crippen molar-refractivity contribution in [2.45, 2.75) is 32.7 Å². The van der Waals surface area contributed by atoms with Gasteiger partial charge in [-0.2, -0.15) is 5.26 Å². The lowest BCUT2D eigenvalue weighted by molar-refractivity contribution is -0.143. The van der Waals surface area contributed by atoms with Crippen molar-refractivity contribution in [2.24, 2.45) is 5.41 Å². The van der Waals surface area contributed by atoms with Crippen LogP contribution in [0.15, 0.2) is 52.1 Å². The molecule has 0 bridgehead atoms. The van der Waals surface area contributed by atoms with Crippen LogP contribution in [0, 0.1) is 16.7 Å². The Balaban J connectivity index is 2.26. The number of hydrogen-bond acceptors (Lipinski definition) is 6. The van der Waals surface area contributed by atoms with Crippen molar-refractivity contribution in [3.05, 3.63) is 69.8 Å². The van der Waals surface area contributed by atoms with E-state index in [4.69, 9.17) is 20.8 Å². The number of benzene rings is 1. The minimum Gasteiger partial charge on any atom is -0.495 e. The van der Waals surface area contributed by atoms with Crippen LogP contribution >= 0.6 is 11.6 Å². The van der Waals surface area contributed by atoms with Gasteiger partial charge in [0.2, 0.25) is 0 Å². The zero-order valence-electron chi connectivity index (χ0n) is 18.0. The van der Waals surface area contributed by atoms with Gasteiger partial charge in [-0.1, -0.05) is 32.4 Å². The van der Waals surface area contributed by atoms with Crippen LogP contribution in [0.4, 0.5) is 0 Å². The summed E-state index contributed by atoms with van der Waals surface area (Å²) >= 11 is 6.10. The molecular weight excluding hydrogens is 434 g/mol. The molecule has 0 fully saturated rings. The molecule has 166 valence electrons. The Hall–Kier alpha value is -3.57. The molecule has 0 radical (unpaired) electrons. The second-order valence-electron chi connectivity index (χ2n) is 8.30. The van der Waals surface area contributed by atoms with Crippen LogP contribution in [0.25, 0.3) is 11.1 Å². The number of carbonyl (C=O) groups is 1. The zero-order valence-corrected chi connectivity index (χ0v) is 18.8. The number of ether oxygens (including phenoxy) is 1. The van der Waals surface area contributed by atoms with Crippen molar-refractivity contribution in [1.82, 2.24) is 9.55 Å². The van der Waals surface area contributed by atoms with Gasteiger partial charge in [-0.15, -0.1) is 0 Å². The molecule has 3 rings (SSSR count). The van der Waals surface area contributed by atoms with Crippen LogP contribution in [0.2, 0.25) is 5.02 Å². The molecule has 0 spiro atoms. The van der Waals surface area contributed by atoms with Crippen LogP contribution in [-0.4, -0.2) is 27.7 Å². The fourth-order valence-electron chi connectivity index (χ4n) is 3.75. The normalized spacial score (nSPS) is 13.2. The maximum atomic E-state index is 13.2. The summed E-state index contributed by atoms with van der Waals surface area (Å²) in [5, 5.41) is 20.0. The van der Waals surface area contributed by atoms with Gasteiger partial charge in [-0.05, 0) is 23.6 Å². The fraction of sp³-hybridized carbons (Fsp3) is 0.304. The number of hydrogen-bond donors (Lipinski definition) is 1. The number of nitrogens with zero attached hydrogens (tertiary/aromatic N) is 3. The van der Waals surface area contributed by atoms with E-state index >= 15 is 0 Å². The Morgan fingerprint density at radius 1 is 1.31 bits per heavy atom. The molecule has 8 nitrogen and oxygen atoms in total. The third kappa shape index (κ3) is 4.39. The molecule has 0 saturated heterocycles. The monoisotopic (exact) mass is 455 g/mol. The minimum atomic E-state index is -1.32. The fourth-order valence-corrected chi connectivity index (χ4v) is 3.92. The lowest BCUT2D eigenvalue weighted by Gasteiger charge is -2.33. The van der Waals surface area contributed by atoms with E-state index in [2.05, 4.69) is 11.1 Å². The van der Waals surface area contributed by atoms with Gasteiger partial charge in [-0.25, -0.2) is 9.78 Å². The Kier molecular flexibility index (Phi) is 6.42. The minimum absolute atomic E-state index is 0.210. The number of pyridine rings is 1. The van der Waals surface area contributed by atoms with E-state index in [0.29, 0.717) is 21.7 Å². The number of methoxy groups -OCH3 is 1. The van der Waals surface area contributed by atoms with Gasteiger partial charge in [0.15, 0.2) is 5.89 Å². The number of aromatic nitrogens is 2. The highest BCUT2D eigenvalue weighted by Gasteiger charge is 2.42. The smallest absolute Gasteiger partial charge is 0.327 e. The van der Waals surface area contributed by atoms with E-state index in [1.807, 2.05) is 20.8 Å². The SMILES string of the molecule is COc1cn(C(C(=O)O)C(c2ncco2)C(C)(C)C)c(=O)cc1-c1cc(Cl)ccc1C#N. The molecule has 1 N–H and O–H groups in total. The van der Waals surface area contributed by atoms with Crippen molar-refractivity contribution in [2.75, 3.05) is 7.11 Å². The van der Waals surface area contributed by atoms with Crippen LogP contribution < -0.4 is 10.3 Å². The van der Waals surface area contributed by atoms with E-state index in [9.17, 15) is 20.0 Å². The van der Waals surface area contributed by atoms with Gasteiger partial charge in [0.1, 0.15) is 18.1 Å². The maximum Gasteiger partial charge on any atom is 0.327 e. The second-order valence-corrected chi connectivity index (χ2v) is 8.74. The molecule has 0 saturated carbocycles. The first-order valence-electron chi connectivity index (χ1n) is 9.71. The average Bonchev–Trinajstić information content (AvgIpc) is 3.24. The van der Waals surface area contributed by atoms with Crippen molar-refractivity contribution < 1.29 is 19.1 Å². The van der Waals surface area contributed by atoms with Gasteiger partial charge in [0.05, 0.1) is 37.1 Å². The Bertz CT molecular complexity index is 1240. The maximum absolute atomic E-state index is 13.2. The first-order valence-corrected chi connectivity index (χ1v) is 10.1. The van der Waals surface area contributed by atoms with E-state index in [1.165, 1.54) is 31.8 Å². The van der Waals surface area contributed by atoms with Crippen LogP contribution in [0.5, 0.6) is 5.75 Å². The zero-order chi connectivity index (χ0) is 23.6. The molecule has 2 heterocycles. The first kappa shape index (κ1) is 23.1. The number of oxazole rings is 1. The summed E-state index contributed by atoms with van der Waals surface area (Å²) < 4.78 is 12.0. The van der Waals surface area contributed by atoms with Crippen molar-refractivity contribution >= 4 is 17.6 Å². The summed E-state index contributed by atoms with van der Waals surface area (Å²) in [6.07, 6.45) is 4.13. The summed E-state index contributed by atoms with van der Waals surface area (Å²) in [5.74, 6) is -1.55. The molecule has 0 aliphatic carbocycles. The number of aliphatic carboxylic acids is 1. The third-order valence-corrected chi connectivity index (χ3v) is 5.41. The second kappa shape index (κ2) is 8.89. The summed E-state index contributed by atoms with van der Waals surface area (Å²) in [5.41, 5.74) is -0.154. The summed E-state index contributed by atoms with van der Waals surface area (Å²) in [4.78, 5) is 29.7. The number of nitriles is 1. The van der Waals surface area contributed by atoms with Crippen molar-refractivity contribution in [1.29, 1.82) is 5.26 Å². The predicted molar refractivity (Wildman–Crippen MR) is 118 cm³/mol. The predicted octanol–water partition coefficient (Wildman–Crippen LogP) is 4.49.